The summed E-state index contributed by atoms with van der Waals surface area (Å²) in [5, 5.41) is 12.3. The van der Waals surface area contributed by atoms with Gasteiger partial charge in [-0.15, -0.1) is 0 Å². The normalized spacial score (nSPS) is 19.2. The highest BCUT2D eigenvalue weighted by Crippen LogP contribution is 2.20. The Hall–Kier alpha value is -2.10. The number of aliphatic hydroxyl groups excluding tert-OH is 1. The highest BCUT2D eigenvalue weighted by atomic mass is 16.3. The lowest BCUT2D eigenvalue weighted by Gasteiger charge is -2.15. The number of hydrogen-bond donors (Lipinski definition) is 2. The molecule has 0 aromatic heterocycles. The van der Waals surface area contributed by atoms with E-state index in [-0.39, 0.29) is 11.3 Å². The van der Waals surface area contributed by atoms with Gasteiger partial charge in [0.25, 0.3) is 5.91 Å². The van der Waals surface area contributed by atoms with Gasteiger partial charge in [-0.3, -0.25) is 9.59 Å². The van der Waals surface area contributed by atoms with Crippen molar-refractivity contribution in [2.45, 2.75) is 6.42 Å². The number of carbonyl (C=O) groups is 2. The van der Waals surface area contributed by atoms with Crippen molar-refractivity contribution in [3.63, 3.8) is 0 Å². The second-order valence-electron chi connectivity index (χ2n) is 3.53. The van der Waals surface area contributed by atoms with Gasteiger partial charge < -0.3 is 10.4 Å². The second kappa shape index (κ2) is 4.18. The van der Waals surface area contributed by atoms with E-state index < -0.39 is 11.7 Å². The van der Waals surface area contributed by atoms with Crippen molar-refractivity contribution in [1.82, 2.24) is 5.32 Å². The summed E-state index contributed by atoms with van der Waals surface area (Å²) in [5.41, 5.74) is 0.746. The van der Waals surface area contributed by atoms with Gasteiger partial charge in [0, 0.05) is 17.7 Å². The van der Waals surface area contributed by atoms with E-state index in [0.29, 0.717) is 18.5 Å². The van der Waals surface area contributed by atoms with E-state index >= 15 is 0 Å². The molecular formula is C12H11NO3. The van der Waals surface area contributed by atoms with E-state index in [0.717, 1.165) is 0 Å². The Balaban J connectivity index is 2.41. The van der Waals surface area contributed by atoms with Gasteiger partial charge in [0.05, 0.1) is 0 Å². The van der Waals surface area contributed by atoms with Gasteiger partial charge >= 0.3 is 0 Å². The first-order valence-corrected chi connectivity index (χ1v) is 5.00. The highest BCUT2D eigenvalue weighted by molar-refractivity contribution is 6.44. The van der Waals surface area contributed by atoms with Crippen LogP contribution in [0.25, 0.3) is 5.76 Å². The highest BCUT2D eigenvalue weighted by Gasteiger charge is 2.26. The van der Waals surface area contributed by atoms with Crippen LogP contribution < -0.4 is 5.32 Å². The first kappa shape index (κ1) is 10.4. The molecule has 2 rings (SSSR count). The van der Waals surface area contributed by atoms with Gasteiger partial charge in [0.1, 0.15) is 5.76 Å². The van der Waals surface area contributed by atoms with E-state index in [4.69, 9.17) is 0 Å². The molecule has 1 aliphatic rings. The fourth-order valence-corrected chi connectivity index (χ4v) is 1.63. The summed E-state index contributed by atoms with van der Waals surface area (Å²) >= 11 is 0. The molecule has 1 amide bonds. The standard InChI is InChI=1S/C12H11NO3/c14-10(8-4-2-1-3-5-8)9-6-7-13-12(16)11(9)15/h1-5,14H,6-7H2,(H,13,16)/b10-9+. The Labute approximate surface area is 92.6 Å². The molecule has 1 aromatic rings. The third-order valence-electron chi connectivity index (χ3n) is 2.47. The molecule has 0 aliphatic carbocycles. The first-order valence-electron chi connectivity index (χ1n) is 5.00. The second-order valence-corrected chi connectivity index (χ2v) is 3.53. The summed E-state index contributed by atoms with van der Waals surface area (Å²) in [4.78, 5) is 22.6. The molecule has 0 atom stereocenters. The maximum Gasteiger partial charge on any atom is 0.292 e. The molecule has 0 radical (unpaired) electrons. The molecule has 2 N–H and O–H groups in total. The minimum absolute atomic E-state index is 0.0968. The molecule has 1 fully saturated rings. The van der Waals surface area contributed by atoms with Gasteiger partial charge in [-0.2, -0.15) is 0 Å². The van der Waals surface area contributed by atoms with Crippen LogP contribution in [0.5, 0.6) is 0 Å². The molecule has 0 spiro atoms. The fraction of sp³-hybridized carbons (Fsp3) is 0.167. The maximum absolute atomic E-state index is 11.5. The topological polar surface area (TPSA) is 66.4 Å². The molecule has 4 heteroatoms. The molecule has 1 heterocycles. The molecule has 1 saturated heterocycles. The summed E-state index contributed by atoms with van der Waals surface area (Å²) in [6, 6.07) is 8.74. The Morgan fingerprint density at radius 2 is 1.88 bits per heavy atom. The molecule has 82 valence electrons. The lowest BCUT2D eigenvalue weighted by molar-refractivity contribution is -0.136. The molecule has 1 aliphatic heterocycles. The van der Waals surface area contributed by atoms with Crippen LogP contribution in [0.1, 0.15) is 12.0 Å². The summed E-state index contributed by atoms with van der Waals surface area (Å²) < 4.78 is 0. The van der Waals surface area contributed by atoms with Crippen LogP contribution in [0, 0.1) is 0 Å². The van der Waals surface area contributed by atoms with Crippen LogP contribution in [0.15, 0.2) is 35.9 Å². The zero-order chi connectivity index (χ0) is 11.5. The minimum Gasteiger partial charge on any atom is -0.507 e. The minimum atomic E-state index is -0.649. The third kappa shape index (κ3) is 1.82. The number of benzene rings is 1. The smallest absolute Gasteiger partial charge is 0.292 e. The Kier molecular flexibility index (Phi) is 2.72. The zero-order valence-electron chi connectivity index (χ0n) is 8.56. The van der Waals surface area contributed by atoms with Crippen LogP contribution in [-0.2, 0) is 9.59 Å². The van der Waals surface area contributed by atoms with Crippen molar-refractivity contribution in [3.8, 4) is 0 Å². The quantitative estimate of drug-likeness (QED) is 0.419. The van der Waals surface area contributed by atoms with Crippen molar-refractivity contribution in [2.24, 2.45) is 0 Å². The van der Waals surface area contributed by atoms with Crippen molar-refractivity contribution < 1.29 is 14.7 Å². The summed E-state index contributed by atoms with van der Waals surface area (Å²) in [6.07, 6.45) is 0.366. The van der Waals surface area contributed by atoms with Crippen LogP contribution in [-0.4, -0.2) is 23.3 Å². The number of ketones is 1. The zero-order valence-corrected chi connectivity index (χ0v) is 8.56. The largest absolute Gasteiger partial charge is 0.507 e. The summed E-state index contributed by atoms with van der Waals surface area (Å²) in [5.74, 6) is -1.39. The van der Waals surface area contributed by atoms with Gasteiger partial charge in [-0.25, -0.2) is 0 Å². The number of piperidine rings is 1. The predicted octanol–water partition coefficient (Wildman–Crippen LogP) is 1.04. The molecule has 4 nitrogen and oxygen atoms in total. The van der Waals surface area contributed by atoms with Crippen molar-refractivity contribution in [1.29, 1.82) is 0 Å². The summed E-state index contributed by atoms with van der Waals surface area (Å²) in [6.45, 7) is 0.386. The van der Waals surface area contributed by atoms with Crippen molar-refractivity contribution in [3.05, 3.63) is 41.5 Å². The molecule has 16 heavy (non-hydrogen) atoms. The molecule has 0 bridgehead atoms. The summed E-state index contributed by atoms with van der Waals surface area (Å²) in [7, 11) is 0. The molecule has 1 aromatic carbocycles. The molecule has 0 unspecified atom stereocenters. The van der Waals surface area contributed by atoms with E-state index in [1.165, 1.54) is 0 Å². The van der Waals surface area contributed by atoms with Crippen LogP contribution >= 0.6 is 0 Å². The van der Waals surface area contributed by atoms with Gasteiger partial charge in [0.15, 0.2) is 0 Å². The average molecular weight is 217 g/mol. The van der Waals surface area contributed by atoms with E-state index in [2.05, 4.69) is 5.32 Å². The van der Waals surface area contributed by atoms with Crippen molar-refractivity contribution in [2.75, 3.05) is 6.54 Å². The lowest BCUT2D eigenvalue weighted by atomic mass is 9.99. The first-order chi connectivity index (χ1) is 7.70. The van der Waals surface area contributed by atoms with Crippen LogP contribution in [0.3, 0.4) is 0 Å². The number of nitrogens with one attached hydrogen (secondary N) is 1. The number of Topliss-reactive ketones (excluding diaryl/α,β-unsaturated/α-hetero) is 1. The molecular weight excluding hydrogens is 206 g/mol. The lowest BCUT2D eigenvalue weighted by Crippen LogP contribution is -2.38. The predicted molar refractivity (Wildman–Crippen MR) is 58.6 cm³/mol. The van der Waals surface area contributed by atoms with Crippen molar-refractivity contribution >= 4 is 17.4 Å². The van der Waals surface area contributed by atoms with Gasteiger partial charge in [-0.05, 0) is 6.42 Å². The Morgan fingerprint density at radius 1 is 1.19 bits per heavy atom. The third-order valence-corrected chi connectivity index (χ3v) is 2.47. The van der Waals surface area contributed by atoms with Crippen LogP contribution in [0.2, 0.25) is 0 Å². The fourth-order valence-electron chi connectivity index (χ4n) is 1.63. The Bertz CT molecular complexity index is 462. The van der Waals surface area contributed by atoms with E-state index in [1.54, 1.807) is 24.3 Å². The molecule has 0 saturated carbocycles. The number of carbonyl (C=O) groups excluding carboxylic acids is 2. The monoisotopic (exact) mass is 217 g/mol. The van der Waals surface area contributed by atoms with Crippen LogP contribution in [0.4, 0.5) is 0 Å². The SMILES string of the molecule is O=C1NCC/C(=C(\O)c2ccccc2)C1=O. The number of amides is 1. The number of hydrogen-bond acceptors (Lipinski definition) is 3. The Morgan fingerprint density at radius 3 is 2.56 bits per heavy atom. The maximum atomic E-state index is 11.5. The number of aliphatic hydroxyl groups is 1. The van der Waals surface area contributed by atoms with E-state index in [1.807, 2.05) is 6.07 Å². The van der Waals surface area contributed by atoms with Gasteiger partial charge in [-0.1, -0.05) is 30.3 Å². The number of rotatable bonds is 1. The van der Waals surface area contributed by atoms with Gasteiger partial charge in [0.2, 0.25) is 5.78 Å². The average Bonchev–Trinajstić information content (AvgIpc) is 2.33. The van der Waals surface area contributed by atoms with E-state index in [9.17, 15) is 14.7 Å².